The highest BCUT2D eigenvalue weighted by atomic mass is 35.5. The van der Waals surface area contributed by atoms with Crippen LogP contribution < -0.4 is 0 Å². The molecule has 398 valence electrons. The fourth-order valence-electron chi connectivity index (χ4n) is 4.91. The maximum absolute atomic E-state index is 13.0. The number of carboxylic acids is 1. The normalized spacial score (nSPS) is 9.42. The molecule has 0 unspecified atom stereocenters. The third-order valence-corrected chi connectivity index (χ3v) is 14.1. The summed E-state index contributed by atoms with van der Waals surface area (Å²) in [4.78, 5) is 21.1. The second-order valence-corrected chi connectivity index (χ2v) is 18.3. The molecule has 7 nitrogen and oxygen atoms in total. The molecule has 6 aromatic heterocycles. The van der Waals surface area contributed by atoms with Crippen molar-refractivity contribution in [2.24, 2.45) is 0 Å². The van der Waals surface area contributed by atoms with Crippen LogP contribution >= 0.6 is 80.4 Å². The maximum atomic E-state index is 13.0. The van der Waals surface area contributed by atoms with Crippen LogP contribution in [0.4, 0.5) is 39.5 Å². The van der Waals surface area contributed by atoms with E-state index in [1.807, 2.05) is 0 Å². The molecule has 0 saturated carbocycles. The van der Waals surface area contributed by atoms with E-state index in [2.05, 4.69) is 148 Å². The third-order valence-electron chi connectivity index (χ3n) is 7.49. The van der Waals surface area contributed by atoms with E-state index in [-0.39, 0.29) is 49.9 Å². The van der Waals surface area contributed by atoms with Gasteiger partial charge in [0.25, 0.3) is 19.3 Å². The molecule has 0 atom stereocenters. The highest BCUT2D eigenvalue weighted by molar-refractivity contribution is 7.29. The number of carbonyl (C=O) groups is 2. The van der Waals surface area contributed by atoms with Gasteiger partial charge in [0.05, 0.1) is 53.8 Å². The zero-order chi connectivity index (χ0) is 57.1. The average molecular weight is 1210 g/mol. The van der Waals surface area contributed by atoms with E-state index in [4.69, 9.17) is 44.4 Å². The summed E-state index contributed by atoms with van der Waals surface area (Å²) in [5.74, 6) is 58.8. The first-order valence-corrected chi connectivity index (χ1v) is 24.4. The van der Waals surface area contributed by atoms with Crippen LogP contribution in [0.1, 0.15) is 80.8 Å². The molecule has 0 bridgehead atoms. The van der Waals surface area contributed by atoms with Gasteiger partial charge in [0.1, 0.15) is 4.88 Å². The number of fused-ring (bicyclic) bond motifs is 3. The highest BCUT2D eigenvalue weighted by Gasteiger charge is 2.31. The molecule has 79 heavy (non-hydrogen) atoms. The Hall–Kier alpha value is -8.54. The molecule has 1 aliphatic heterocycles. The Morgan fingerprint density at radius 1 is 0.544 bits per heavy atom. The van der Waals surface area contributed by atoms with Gasteiger partial charge in [-0.15, -0.1) is 99.7 Å². The van der Waals surface area contributed by atoms with Crippen LogP contribution in [0.2, 0.25) is 0 Å². The molecule has 0 amide bonds. The zero-order valence-electron chi connectivity index (χ0n) is 38.5. The van der Waals surface area contributed by atoms with E-state index >= 15 is 0 Å². The van der Waals surface area contributed by atoms with Crippen molar-refractivity contribution >= 4 is 121 Å². The molecule has 6 aromatic rings. The van der Waals surface area contributed by atoms with Crippen molar-refractivity contribution in [3.63, 3.8) is 0 Å². The number of hydrogen-bond donors (Lipinski definition) is 3. The average Bonchev–Trinajstić information content (AvgIpc) is 4.30. The fraction of sp³-hybridized carbons (Fsp3) is 0.143. The van der Waals surface area contributed by atoms with Crippen molar-refractivity contribution in [3.8, 4) is 167 Å². The monoisotopic (exact) mass is 1210 g/mol. The van der Waals surface area contributed by atoms with Crippen molar-refractivity contribution in [3.05, 3.63) is 64.9 Å². The van der Waals surface area contributed by atoms with Crippen LogP contribution in [-0.2, 0) is 9.47 Å². The van der Waals surface area contributed by atoms with Crippen molar-refractivity contribution in [2.45, 2.75) is 39.9 Å². The molecule has 1 aliphatic rings. The van der Waals surface area contributed by atoms with Gasteiger partial charge in [-0.05, 0) is 149 Å². The van der Waals surface area contributed by atoms with Gasteiger partial charge < -0.3 is 14.6 Å². The molecule has 0 aliphatic carbocycles. The molecule has 0 radical (unpaired) electrons. The Kier molecular flexibility index (Phi) is 35.5. The van der Waals surface area contributed by atoms with E-state index in [1.165, 1.54) is 12.1 Å². The summed E-state index contributed by atoms with van der Waals surface area (Å²) in [6.45, 7) is 2.50. The molecule has 7 rings (SSSR count). The summed E-state index contributed by atoms with van der Waals surface area (Å²) in [5.41, 5.74) is -1.06. The molecule has 3 N–H and O–H groups in total. The molecule has 1 fully saturated rings. The number of carboxylic acid groups (broad SMARTS) is 1. The largest absolute Gasteiger partial charge is 0.477 e. The molecule has 23 heteroatoms. The van der Waals surface area contributed by atoms with Crippen LogP contribution in [-0.4, -0.2) is 41.1 Å². The number of halogens is 10. The first kappa shape index (κ1) is 70.5. The molecular weight excluding hydrogens is 1180 g/mol. The number of aldehydes is 1. The smallest absolute Gasteiger partial charge is 0.346 e. The van der Waals surface area contributed by atoms with Gasteiger partial charge in [-0.3, -0.25) is 15.3 Å². The lowest BCUT2D eigenvalue weighted by molar-refractivity contribution is -0.176. The quantitative estimate of drug-likeness (QED) is 0.0500. The first-order chi connectivity index (χ1) is 37.1. The van der Waals surface area contributed by atoms with E-state index in [0.717, 1.165) is 40.1 Å². The van der Waals surface area contributed by atoms with Gasteiger partial charge in [0.2, 0.25) is 0 Å². The Bertz CT molecular complexity index is 3930. The van der Waals surface area contributed by atoms with E-state index in [0.29, 0.717) is 72.5 Å². The standard InChI is InChI=1S/C15H4.C14H2.C10H7F3O2S2.C8H3F3O2S2.C8H3F3OS2.CH4.ClH.H2O2/c1-3-5-7-9-11-13-15-14-12-10-8-6-4-2;1-3-5-7-9-11-13-14-12-10-8-6-4-2;11-5-3-4-7(17-5)6(9(12)13)8(16-4)10-14-1-2-15-10;9-3-1-2-5(15-3)4(7(10)11)6(14-2)8(12)13;9-5-1-3-7(14-5)6(8(10)11)4(2-12)13-3;;;1-2/h1H,2H3;1-2H;3,9-10H,1-2H2;1,7H,(H,12,13);1-2,8H;1H4;1H;1-2H. The van der Waals surface area contributed by atoms with Crippen LogP contribution in [0.15, 0.2) is 18.2 Å². The molecule has 0 spiro atoms. The summed E-state index contributed by atoms with van der Waals surface area (Å²) < 4.78 is 127. The number of terminal acetylenes is 3. The minimum Gasteiger partial charge on any atom is -0.477 e. The van der Waals surface area contributed by atoms with Gasteiger partial charge in [-0.2, -0.15) is 13.2 Å². The van der Waals surface area contributed by atoms with Crippen LogP contribution in [0, 0.1) is 183 Å². The summed E-state index contributed by atoms with van der Waals surface area (Å²) in [6, 6.07) is 3.52. The Morgan fingerprint density at radius 3 is 1.19 bits per heavy atom. The van der Waals surface area contributed by atoms with Gasteiger partial charge >= 0.3 is 5.97 Å². The lowest BCUT2D eigenvalue weighted by atomic mass is 10.2. The van der Waals surface area contributed by atoms with Crippen molar-refractivity contribution in [2.75, 3.05) is 13.2 Å². The minimum atomic E-state index is -2.90. The molecular formula is C56H26ClF9O7S6. The number of hydrogen-bond acceptors (Lipinski definition) is 12. The second kappa shape index (κ2) is 39.8. The summed E-state index contributed by atoms with van der Waals surface area (Å²) >= 11 is 4.61. The first-order valence-electron chi connectivity index (χ1n) is 19.5. The summed E-state index contributed by atoms with van der Waals surface area (Å²) in [7, 11) is 0. The summed E-state index contributed by atoms with van der Waals surface area (Å²) in [5, 5.41) is 19.1. The predicted molar refractivity (Wildman–Crippen MR) is 298 cm³/mol. The van der Waals surface area contributed by atoms with Crippen molar-refractivity contribution < 1.29 is 74.2 Å². The topological polar surface area (TPSA) is 113 Å². The van der Waals surface area contributed by atoms with E-state index in [9.17, 15) is 49.1 Å². The molecule has 7 heterocycles. The van der Waals surface area contributed by atoms with Gasteiger partial charge in [0, 0.05) is 32.3 Å². The van der Waals surface area contributed by atoms with Crippen LogP contribution in [0.3, 0.4) is 0 Å². The Labute approximate surface area is 477 Å². The SMILES string of the molecule is C.C#CC#CC#CC#CC#CC#CC#C.C#CC#CC#CC#CC#CC#CC#CC.Cl.Fc1cc2sc(C3OCCO3)c(C(F)F)c2s1.O=C(O)c1sc2cc(F)sc2c1C(F)F.O=Cc1sc2cc(F)sc2c1C(F)F.OO. The number of carbonyl (C=O) groups excluding carboxylic acids is 1. The fourth-order valence-corrected chi connectivity index (χ4v) is 11.7. The van der Waals surface area contributed by atoms with E-state index in [1.54, 1.807) is 6.92 Å². The maximum Gasteiger partial charge on any atom is 0.346 e. The number of thiophene rings is 6. The number of ether oxygens (including phenoxy) is 2. The minimum absolute atomic E-state index is 0. The summed E-state index contributed by atoms with van der Waals surface area (Å²) in [6.07, 6.45) is 5.96. The van der Waals surface area contributed by atoms with Crippen LogP contribution in [0.25, 0.3) is 28.2 Å². The van der Waals surface area contributed by atoms with Gasteiger partial charge in [-0.25, -0.2) is 31.1 Å². The number of alkyl halides is 6. The van der Waals surface area contributed by atoms with Gasteiger partial charge in [0.15, 0.2) is 28.0 Å². The molecule has 1 saturated heterocycles. The number of aromatic carboxylic acids is 1. The number of rotatable bonds is 6. The van der Waals surface area contributed by atoms with Gasteiger partial charge in [-0.1, -0.05) is 13.3 Å². The zero-order valence-corrected chi connectivity index (χ0v) is 44.2. The van der Waals surface area contributed by atoms with Crippen molar-refractivity contribution in [1.29, 1.82) is 0 Å². The Morgan fingerprint density at radius 2 is 0.861 bits per heavy atom. The Balaban J connectivity index is 0.000000951. The second-order valence-electron chi connectivity index (χ2n) is 12.0. The lowest BCUT2D eigenvalue weighted by Gasteiger charge is -2.09. The van der Waals surface area contributed by atoms with Crippen LogP contribution in [0.5, 0.6) is 0 Å². The lowest BCUT2D eigenvalue weighted by Crippen LogP contribution is -1.99. The highest BCUT2D eigenvalue weighted by Crippen LogP contribution is 2.46. The molecule has 0 aromatic carbocycles. The van der Waals surface area contributed by atoms with Crippen molar-refractivity contribution in [1.82, 2.24) is 0 Å². The third kappa shape index (κ3) is 23.7. The predicted octanol–water partition coefficient (Wildman–Crippen LogP) is 13.7. The van der Waals surface area contributed by atoms with E-state index < -0.39 is 57.4 Å².